The minimum Gasteiger partial charge on any atom is -0.493 e. The molecule has 7 nitrogen and oxygen atoms in total. The number of rotatable bonds is 5. The van der Waals surface area contributed by atoms with Crippen molar-refractivity contribution in [2.24, 2.45) is 5.10 Å². The van der Waals surface area contributed by atoms with Gasteiger partial charge in [0.25, 0.3) is 5.91 Å². The molecular formula is C16H14BrN3O4. The molecule has 0 bridgehead atoms. The van der Waals surface area contributed by atoms with Crippen molar-refractivity contribution in [2.75, 3.05) is 7.11 Å². The SMILES string of the molecule is COc1cc(/C=N\NC(=O)c2cccnc2)c(Br)cc1OC(C)=O. The van der Waals surface area contributed by atoms with Crippen LogP contribution in [0.1, 0.15) is 22.8 Å². The lowest BCUT2D eigenvalue weighted by Crippen LogP contribution is -2.17. The molecule has 0 atom stereocenters. The number of carbonyl (C=O) groups excluding carboxylic acids is 2. The standard InChI is InChI=1S/C16H14BrN3O4/c1-10(21)24-15-7-13(17)12(6-14(15)23-2)9-19-20-16(22)11-4-3-5-18-8-11/h3-9H,1-2H3,(H,20,22)/b19-9-. The second-order valence-corrected chi connectivity index (χ2v) is 5.41. The molecule has 0 aliphatic carbocycles. The van der Waals surface area contributed by atoms with Crippen molar-refractivity contribution in [1.82, 2.24) is 10.4 Å². The van der Waals surface area contributed by atoms with Gasteiger partial charge >= 0.3 is 5.97 Å². The maximum Gasteiger partial charge on any atom is 0.308 e. The van der Waals surface area contributed by atoms with Crippen molar-refractivity contribution in [1.29, 1.82) is 0 Å². The molecule has 2 rings (SSSR count). The Morgan fingerprint density at radius 3 is 2.75 bits per heavy atom. The van der Waals surface area contributed by atoms with Gasteiger partial charge in [-0.25, -0.2) is 5.43 Å². The Bertz CT molecular complexity index is 778. The molecule has 0 radical (unpaired) electrons. The number of ether oxygens (including phenoxy) is 2. The number of halogens is 1. The van der Waals surface area contributed by atoms with Gasteiger partial charge in [-0.15, -0.1) is 0 Å². The Kier molecular flexibility index (Phi) is 6.02. The van der Waals surface area contributed by atoms with E-state index in [2.05, 4.69) is 31.4 Å². The number of amides is 1. The van der Waals surface area contributed by atoms with Crippen molar-refractivity contribution < 1.29 is 19.1 Å². The number of hydrazone groups is 1. The molecule has 0 saturated heterocycles. The Morgan fingerprint density at radius 1 is 1.33 bits per heavy atom. The van der Waals surface area contributed by atoms with Crippen LogP contribution in [-0.4, -0.2) is 30.2 Å². The highest BCUT2D eigenvalue weighted by atomic mass is 79.9. The van der Waals surface area contributed by atoms with Gasteiger partial charge in [-0.1, -0.05) is 0 Å². The fourth-order valence-electron chi connectivity index (χ4n) is 1.77. The van der Waals surface area contributed by atoms with Gasteiger partial charge in [0.15, 0.2) is 11.5 Å². The third-order valence-electron chi connectivity index (χ3n) is 2.83. The van der Waals surface area contributed by atoms with E-state index in [-0.39, 0.29) is 11.7 Å². The normalized spacial score (nSPS) is 10.5. The van der Waals surface area contributed by atoms with E-state index in [0.717, 1.165) is 0 Å². The first-order chi connectivity index (χ1) is 11.5. The van der Waals surface area contributed by atoms with Crippen LogP contribution in [0.2, 0.25) is 0 Å². The van der Waals surface area contributed by atoms with E-state index in [9.17, 15) is 9.59 Å². The smallest absolute Gasteiger partial charge is 0.308 e. The van der Waals surface area contributed by atoms with Crippen LogP contribution < -0.4 is 14.9 Å². The Balaban J connectivity index is 2.14. The number of hydrogen-bond acceptors (Lipinski definition) is 6. The van der Waals surface area contributed by atoms with Crippen LogP contribution in [0.3, 0.4) is 0 Å². The van der Waals surface area contributed by atoms with Gasteiger partial charge in [0.1, 0.15) is 0 Å². The molecule has 0 saturated carbocycles. The predicted molar refractivity (Wildman–Crippen MR) is 91.3 cm³/mol. The summed E-state index contributed by atoms with van der Waals surface area (Å²) in [4.78, 5) is 26.8. The lowest BCUT2D eigenvalue weighted by Gasteiger charge is -2.10. The van der Waals surface area contributed by atoms with Crippen LogP contribution in [-0.2, 0) is 4.79 Å². The van der Waals surface area contributed by atoms with Crippen molar-refractivity contribution in [3.05, 3.63) is 52.3 Å². The van der Waals surface area contributed by atoms with Gasteiger partial charge < -0.3 is 9.47 Å². The lowest BCUT2D eigenvalue weighted by molar-refractivity contribution is -0.132. The number of methoxy groups -OCH3 is 1. The molecule has 1 N–H and O–H groups in total. The molecule has 1 amide bonds. The van der Waals surface area contributed by atoms with Gasteiger partial charge in [-0.3, -0.25) is 14.6 Å². The summed E-state index contributed by atoms with van der Waals surface area (Å²) in [6, 6.07) is 6.51. The van der Waals surface area contributed by atoms with Crippen molar-refractivity contribution >= 4 is 34.0 Å². The number of nitrogens with one attached hydrogen (secondary N) is 1. The van der Waals surface area contributed by atoms with Crippen LogP contribution in [0.15, 0.2) is 46.2 Å². The first-order valence-electron chi connectivity index (χ1n) is 6.80. The average molecular weight is 392 g/mol. The van der Waals surface area contributed by atoms with Crippen molar-refractivity contribution in [3.63, 3.8) is 0 Å². The predicted octanol–water partition coefficient (Wildman–Crippen LogP) is 2.54. The van der Waals surface area contributed by atoms with Gasteiger partial charge in [0.05, 0.1) is 18.9 Å². The lowest BCUT2D eigenvalue weighted by atomic mass is 10.2. The molecule has 0 aliphatic heterocycles. The minimum absolute atomic E-state index is 0.286. The van der Waals surface area contributed by atoms with Crippen LogP contribution in [0.4, 0.5) is 0 Å². The molecule has 0 aliphatic rings. The van der Waals surface area contributed by atoms with E-state index in [1.54, 1.807) is 30.5 Å². The number of hydrogen-bond donors (Lipinski definition) is 1. The molecular weight excluding hydrogens is 378 g/mol. The number of carbonyl (C=O) groups is 2. The second kappa shape index (κ2) is 8.21. The minimum atomic E-state index is -0.453. The molecule has 1 aromatic heterocycles. The molecule has 0 unspecified atom stereocenters. The third kappa shape index (κ3) is 4.63. The number of benzene rings is 1. The molecule has 2 aromatic rings. The molecule has 124 valence electrons. The van der Waals surface area contributed by atoms with E-state index >= 15 is 0 Å². The Labute approximate surface area is 146 Å². The molecule has 24 heavy (non-hydrogen) atoms. The van der Waals surface area contributed by atoms with Gasteiger partial charge in [-0.2, -0.15) is 5.10 Å². The van der Waals surface area contributed by atoms with Gasteiger partial charge in [-0.05, 0) is 40.2 Å². The topological polar surface area (TPSA) is 89.9 Å². The van der Waals surface area contributed by atoms with E-state index in [0.29, 0.717) is 21.3 Å². The summed E-state index contributed by atoms with van der Waals surface area (Å²) < 4.78 is 10.9. The van der Waals surface area contributed by atoms with E-state index < -0.39 is 5.97 Å². The number of esters is 1. The van der Waals surface area contributed by atoms with E-state index in [1.165, 1.54) is 26.4 Å². The van der Waals surface area contributed by atoms with Gasteiger partial charge in [0, 0.05) is 29.4 Å². The zero-order valence-electron chi connectivity index (χ0n) is 12.9. The average Bonchev–Trinajstić information content (AvgIpc) is 2.57. The maximum atomic E-state index is 11.9. The summed E-state index contributed by atoms with van der Waals surface area (Å²) in [5, 5.41) is 3.90. The van der Waals surface area contributed by atoms with Crippen LogP contribution in [0.25, 0.3) is 0 Å². The summed E-state index contributed by atoms with van der Waals surface area (Å²) >= 11 is 3.35. The highest BCUT2D eigenvalue weighted by molar-refractivity contribution is 9.10. The molecule has 0 spiro atoms. The largest absolute Gasteiger partial charge is 0.493 e. The van der Waals surface area contributed by atoms with Crippen molar-refractivity contribution in [2.45, 2.75) is 6.92 Å². The number of pyridine rings is 1. The molecule has 1 aromatic carbocycles. The Hall–Kier alpha value is -2.74. The molecule has 8 heteroatoms. The van der Waals surface area contributed by atoms with Crippen LogP contribution >= 0.6 is 15.9 Å². The third-order valence-corrected chi connectivity index (χ3v) is 3.52. The van der Waals surface area contributed by atoms with Crippen LogP contribution in [0, 0.1) is 0 Å². The monoisotopic (exact) mass is 391 g/mol. The second-order valence-electron chi connectivity index (χ2n) is 4.56. The van der Waals surface area contributed by atoms with E-state index in [4.69, 9.17) is 9.47 Å². The van der Waals surface area contributed by atoms with Gasteiger partial charge in [0.2, 0.25) is 0 Å². The first-order valence-corrected chi connectivity index (χ1v) is 7.60. The van der Waals surface area contributed by atoms with Crippen molar-refractivity contribution in [3.8, 4) is 11.5 Å². The maximum absolute atomic E-state index is 11.9. The summed E-state index contributed by atoms with van der Waals surface area (Å²) in [5.41, 5.74) is 3.44. The summed E-state index contributed by atoms with van der Waals surface area (Å²) in [6.07, 6.45) is 4.46. The number of nitrogens with zero attached hydrogens (tertiary/aromatic N) is 2. The van der Waals surface area contributed by atoms with E-state index in [1.807, 2.05) is 0 Å². The first kappa shape index (κ1) is 17.6. The highest BCUT2D eigenvalue weighted by Crippen LogP contribution is 2.33. The molecule has 1 heterocycles. The molecule has 0 fully saturated rings. The Morgan fingerprint density at radius 2 is 2.12 bits per heavy atom. The zero-order valence-corrected chi connectivity index (χ0v) is 14.5. The summed E-state index contributed by atoms with van der Waals surface area (Å²) in [5.74, 6) is -0.175. The zero-order chi connectivity index (χ0) is 17.5. The fraction of sp³-hybridized carbons (Fsp3) is 0.125. The summed E-state index contributed by atoms with van der Waals surface area (Å²) in [6.45, 7) is 1.30. The van der Waals surface area contributed by atoms with Crippen LogP contribution in [0.5, 0.6) is 11.5 Å². The summed E-state index contributed by atoms with van der Waals surface area (Å²) in [7, 11) is 1.46. The highest BCUT2D eigenvalue weighted by Gasteiger charge is 2.11. The fourth-order valence-corrected chi connectivity index (χ4v) is 2.19. The quantitative estimate of drug-likeness (QED) is 0.366. The number of aromatic nitrogens is 1.